The van der Waals surface area contributed by atoms with Gasteiger partial charge in [-0.15, -0.1) is 0 Å². The molecular formula is C17H20N2O. The first-order valence-corrected chi connectivity index (χ1v) is 7.29. The Labute approximate surface area is 120 Å². The van der Waals surface area contributed by atoms with Crippen molar-refractivity contribution in [3.8, 4) is 11.5 Å². The number of hydrogen-bond acceptors (Lipinski definition) is 3. The monoisotopic (exact) mass is 268 g/mol. The Balaban J connectivity index is 1.87. The van der Waals surface area contributed by atoms with Gasteiger partial charge in [-0.1, -0.05) is 44.0 Å². The number of para-hydroxylation sites is 4. The van der Waals surface area contributed by atoms with E-state index in [1.54, 1.807) is 0 Å². The number of rotatable bonds is 5. The lowest BCUT2D eigenvalue weighted by Crippen LogP contribution is -2.36. The van der Waals surface area contributed by atoms with Gasteiger partial charge in [0.2, 0.25) is 0 Å². The number of nitrogens with one attached hydrogen (secondary N) is 1. The van der Waals surface area contributed by atoms with Crippen molar-refractivity contribution in [2.75, 3.05) is 11.6 Å². The summed E-state index contributed by atoms with van der Waals surface area (Å²) in [5.74, 6) is 1.79. The van der Waals surface area contributed by atoms with Gasteiger partial charge in [0.15, 0.2) is 11.5 Å². The summed E-state index contributed by atoms with van der Waals surface area (Å²) in [6, 6.07) is 16.3. The minimum atomic E-state index is 0.897. The summed E-state index contributed by atoms with van der Waals surface area (Å²) in [4.78, 5) is 0. The van der Waals surface area contributed by atoms with Crippen molar-refractivity contribution in [1.29, 1.82) is 0 Å². The van der Waals surface area contributed by atoms with E-state index >= 15 is 0 Å². The lowest BCUT2D eigenvalue weighted by molar-refractivity contribution is 0.465. The third-order valence-corrected chi connectivity index (χ3v) is 3.48. The predicted octanol–water partition coefficient (Wildman–Crippen LogP) is 4.63. The van der Waals surface area contributed by atoms with E-state index in [9.17, 15) is 0 Å². The topological polar surface area (TPSA) is 24.5 Å². The summed E-state index contributed by atoms with van der Waals surface area (Å²) in [7, 11) is 0. The van der Waals surface area contributed by atoms with Gasteiger partial charge in [-0.05, 0) is 30.7 Å². The summed E-state index contributed by atoms with van der Waals surface area (Å²) in [5.41, 5.74) is 5.67. The highest BCUT2D eigenvalue weighted by Gasteiger charge is 2.23. The molecule has 3 rings (SSSR count). The molecule has 0 spiro atoms. The highest BCUT2D eigenvalue weighted by Crippen LogP contribution is 2.44. The van der Waals surface area contributed by atoms with Crippen molar-refractivity contribution in [1.82, 2.24) is 5.43 Å². The summed E-state index contributed by atoms with van der Waals surface area (Å²) in [5, 5.41) is 2.14. The van der Waals surface area contributed by atoms with Crippen LogP contribution in [0, 0.1) is 0 Å². The zero-order valence-corrected chi connectivity index (χ0v) is 11.8. The van der Waals surface area contributed by atoms with Crippen molar-refractivity contribution in [3.63, 3.8) is 0 Å². The molecule has 0 fully saturated rings. The zero-order chi connectivity index (χ0) is 13.8. The molecule has 1 heterocycles. The fraction of sp³-hybridized carbons (Fsp3) is 0.294. The van der Waals surface area contributed by atoms with Crippen LogP contribution in [0.1, 0.15) is 26.2 Å². The maximum atomic E-state index is 5.95. The van der Waals surface area contributed by atoms with Crippen molar-refractivity contribution in [2.24, 2.45) is 0 Å². The number of benzene rings is 2. The van der Waals surface area contributed by atoms with E-state index in [0.717, 1.165) is 29.4 Å². The number of unbranched alkanes of at least 4 members (excludes halogenated alkanes) is 2. The summed E-state index contributed by atoms with van der Waals surface area (Å²) in [6.45, 7) is 3.19. The van der Waals surface area contributed by atoms with Crippen molar-refractivity contribution >= 4 is 11.4 Å². The minimum Gasteiger partial charge on any atom is -0.453 e. The Bertz CT molecular complexity index is 537. The molecule has 3 heteroatoms. The number of hydrogen-bond donors (Lipinski definition) is 1. The van der Waals surface area contributed by atoms with Crippen LogP contribution in [0.2, 0.25) is 0 Å². The molecule has 3 nitrogen and oxygen atoms in total. The number of nitrogens with zero attached hydrogens (tertiary/aromatic N) is 1. The third-order valence-electron chi connectivity index (χ3n) is 3.48. The Morgan fingerprint density at radius 3 is 2.10 bits per heavy atom. The fourth-order valence-electron chi connectivity index (χ4n) is 2.44. The van der Waals surface area contributed by atoms with E-state index in [1.807, 2.05) is 36.4 Å². The number of fused-ring (bicyclic) bond motifs is 2. The molecule has 0 radical (unpaired) electrons. The molecule has 0 unspecified atom stereocenters. The molecule has 1 aliphatic heterocycles. The van der Waals surface area contributed by atoms with Crippen LogP contribution in [-0.2, 0) is 0 Å². The SMILES string of the molecule is CCCCCNN1c2ccccc2Oc2ccccc21. The van der Waals surface area contributed by atoms with Crippen LogP contribution in [0.4, 0.5) is 11.4 Å². The molecule has 1 aliphatic rings. The summed E-state index contributed by atoms with van der Waals surface area (Å²) in [6.07, 6.45) is 3.66. The second-order valence-electron chi connectivity index (χ2n) is 4.99. The lowest BCUT2D eigenvalue weighted by Gasteiger charge is -2.32. The molecule has 0 bridgehead atoms. The first kappa shape index (κ1) is 13.0. The second-order valence-corrected chi connectivity index (χ2v) is 4.99. The van der Waals surface area contributed by atoms with Gasteiger partial charge in [0, 0.05) is 6.54 Å². The number of ether oxygens (including phenoxy) is 1. The molecule has 2 aromatic rings. The van der Waals surface area contributed by atoms with Gasteiger partial charge in [-0.3, -0.25) is 5.01 Å². The van der Waals surface area contributed by atoms with Gasteiger partial charge in [0.1, 0.15) is 11.4 Å². The maximum Gasteiger partial charge on any atom is 0.152 e. The first-order chi connectivity index (χ1) is 9.90. The zero-order valence-electron chi connectivity index (χ0n) is 11.8. The molecular weight excluding hydrogens is 248 g/mol. The first-order valence-electron chi connectivity index (χ1n) is 7.29. The van der Waals surface area contributed by atoms with E-state index in [0.29, 0.717) is 0 Å². The molecule has 0 saturated heterocycles. The highest BCUT2D eigenvalue weighted by molar-refractivity contribution is 5.76. The van der Waals surface area contributed by atoms with Crippen molar-refractivity contribution < 1.29 is 4.74 Å². The van der Waals surface area contributed by atoms with Gasteiger partial charge in [0.05, 0.1) is 0 Å². The average molecular weight is 268 g/mol. The Hall–Kier alpha value is -2.00. The van der Waals surface area contributed by atoms with Gasteiger partial charge < -0.3 is 4.74 Å². The number of hydrazine groups is 1. The highest BCUT2D eigenvalue weighted by atomic mass is 16.5. The summed E-state index contributed by atoms with van der Waals surface area (Å²) < 4.78 is 5.95. The molecule has 20 heavy (non-hydrogen) atoms. The van der Waals surface area contributed by atoms with E-state index in [4.69, 9.17) is 4.74 Å². The number of anilines is 2. The van der Waals surface area contributed by atoms with Crippen LogP contribution < -0.4 is 15.2 Å². The molecule has 0 atom stereocenters. The van der Waals surface area contributed by atoms with E-state index in [2.05, 4.69) is 29.5 Å². The van der Waals surface area contributed by atoms with Crippen LogP contribution in [0.5, 0.6) is 11.5 Å². The van der Waals surface area contributed by atoms with Crippen LogP contribution >= 0.6 is 0 Å². The Morgan fingerprint density at radius 1 is 0.900 bits per heavy atom. The van der Waals surface area contributed by atoms with E-state index in [1.165, 1.54) is 19.3 Å². The quantitative estimate of drug-likeness (QED) is 0.800. The normalized spacial score (nSPS) is 12.6. The van der Waals surface area contributed by atoms with Gasteiger partial charge in [-0.25, -0.2) is 5.43 Å². The fourth-order valence-corrected chi connectivity index (χ4v) is 2.44. The van der Waals surface area contributed by atoms with Crippen LogP contribution in [-0.4, -0.2) is 6.54 Å². The molecule has 0 aliphatic carbocycles. The standard InChI is InChI=1S/C17H20N2O/c1-2-3-8-13-18-19-14-9-4-6-11-16(14)20-17-12-7-5-10-15(17)19/h4-7,9-12,18H,2-3,8,13H2,1H3. The average Bonchev–Trinajstić information content (AvgIpc) is 2.50. The van der Waals surface area contributed by atoms with Gasteiger partial charge in [-0.2, -0.15) is 0 Å². The van der Waals surface area contributed by atoms with Crippen LogP contribution in [0.25, 0.3) is 0 Å². The van der Waals surface area contributed by atoms with Gasteiger partial charge >= 0.3 is 0 Å². The van der Waals surface area contributed by atoms with Gasteiger partial charge in [0.25, 0.3) is 0 Å². The van der Waals surface area contributed by atoms with Crippen molar-refractivity contribution in [2.45, 2.75) is 26.2 Å². The van der Waals surface area contributed by atoms with Crippen molar-refractivity contribution in [3.05, 3.63) is 48.5 Å². The largest absolute Gasteiger partial charge is 0.453 e. The predicted molar refractivity (Wildman–Crippen MR) is 82.6 cm³/mol. The minimum absolute atomic E-state index is 0.897. The third kappa shape index (κ3) is 2.49. The lowest BCUT2D eigenvalue weighted by atomic mass is 10.2. The van der Waals surface area contributed by atoms with E-state index in [-0.39, 0.29) is 0 Å². The summed E-state index contributed by atoms with van der Waals surface area (Å²) >= 11 is 0. The molecule has 1 N–H and O–H groups in total. The Morgan fingerprint density at radius 2 is 1.50 bits per heavy atom. The molecule has 0 aromatic heterocycles. The molecule has 0 amide bonds. The maximum absolute atomic E-state index is 5.95. The Kier molecular flexibility index (Phi) is 3.88. The van der Waals surface area contributed by atoms with E-state index < -0.39 is 0 Å². The second kappa shape index (κ2) is 5.97. The van der Waals surface area contributed by atoms with Crippen LogP contribution in [0.15, 0.2) is 48.5 Å². The molecule has 104 valence electrons. The van der Waals surface area contributed by atoms with Crippen LogP contribution in [0.3, 0.4) is 0 Å². The smallest absolute Gasteiger partial charge is 0.152 e. The molecule has 0 saturated carbocycles. The molecule has 2 aromatic carbocycles.